The van der Waals surface area contributed by atoms with Crippen molar-refractivity contribution in [2.45, 2.75) is 52.1 Å². The summed E-state index contributed by atoms with van der Waals surface area (Å²) in [5, 5.41) is 17.8. The Hall–Kier alpha value is -4.00. The molecule has 5 amide bonds. The van der Waals surface area contributed by atoms with Gasteiger partial charge in [0.25, 0.3) is 5.91 Å². The third-order valence-corrected chi connectivity index (χ3v) is 6.61. The van der Waals surface area contributed by atoms with Crippen LogP contribution in [0.2, 0.25) is 0 Å². The molecule has 2 aromatic carbocycles. The fourth-order valence-corrected chi connectivity index (χ4v) is 4.26. The summed E-state index contributed by atoms with van der Waals surface area (Å²) in [6.07, 6.45) is -5.08. The Kier molecular flexibility index (Phi) is 10.1. The number of aliphatic hydroxyl groups excluding tert-OH is 1. The molecule has 224 valence electrons. The van der Waals surface area contributed by atoms with Gasteiger partial charge in [0.15, 0.2) is 0 Å². The van der Waals surface area contributed by atoms with Gasteiger partial charge in [-0.3, -0.25) is 4.79 Å². The third kappa shape index (κ3) is 8.26. The Balaban J connectivity index is 1.82. The first-order valence-corrected chi connectivity index (χ1v) is 13.2. The van der Waals surface area contributed by atoms with E-state index in [4.69, 9.17) is 4.74 Å². The Morgan fingerprint density at radius 1 is 1.10 bits per heavy atom. The average molecular weight is 580 g/mol. The lowest BCUT2D eigenvalue weighted by atomic mass is 9.99. The first-order valence-electron chi connectivity index (χ1n) is 13.2. The molecule has 0 saturated heterocycles. The van der Waals surface area contributed by atoms with E-state index in [2.05, 4.69) is 16.0 Å². The fourth-order valence-electron chi connectivity index (χ4n) is 4.26. The van der Waals surface area contributed by atoms with Gasteiger partial charge in [0, 0.05) is 36.9 Å². The van der Waals surface area contributed by atoms with E-state index in [0.717, 1.165) is 12.1 Å². The lowest BCUT2D eigenvalue weighted by molar-refractivity contribution is -0.137. The summed E-state index contributed by atoms with van der Waals surface area (Å²) in [6.45, 7) is 7.21. The van der Waals surface area contributed by atoms with Crippen LogP contribution in [0.5, 0.6) is 5.75 Å². The minimum absolute atomic E-state index is 0.0827. The number of urea groups is 2. The van der Waals surface area contributed by atoms with Crippen molar-refractivity contribution in [1.82, 2.24) is 15.1 Å². The molecule has 3 rings (SSSR count). The summed E-state index contributed by atoms with van der Waals surface area (Å²) >= 11 is 0. The van der Waals surface area contributed by atoms with Gasteiger partial charge in [0.1, 0.15) is 11.9 Å². The molecule has 0 fully saturated rings. The molecule has 41 heavy (non-hydrogen) atoms. The van der Waals surface area contributed by atoms with Crippen LogP contribution < -0.4 is 20.7 Å². The molecule has 0 unspecified atom stereocenters. The maximum Gasteiger partial charge on any atom is 0.416 e. The number of nitrogens with zero attached hydrogens (tertiary/aromatic N) is 2. The SMILES string of the molecule is CC(C)NC(=O)Nc1ccc2c(c1)C(=O)N([C@H](C)CO)C[C@@H](C)[C@@H](CN(C)C(=O)Nc1ccc(C(F)(F)F)cc1)O2. The number of nitrogens with one attached hydrogen (secondary N) is 3. The summed E-state index contributed by atoms with van der Waals surface area (Å²) in [7, 11) is 1.52. The smallest absolute Gasteiger partial charge is 0.416 e. The molecule has 0 spiro atoms. The number of aliphatic hydroxyl groups is 1. The second-order valence-electron chi connectivity index (χ2n) is 10.5. The number of anilines is 2. The lowest BCUT2D eigenvalue weighted by Crippen LogP contribution is -2.50. The average Bonchev–Trinajstić information content (AvgIpc) is 2.89. The van der Waals surface area contributed by atoms with Crippen molar-refractivity contribution < 1.29 is 37.4 Å². The Morgan fingerprint density at radius 3 is 2.32 bits per heavy atom. The van der Waals surface area contributed by atoms with Crippen LogP contribution in [0.3, 0.4) is 0 Å². The molecule has 13 heteroatoms. The molecule has 1 aliphatic heterocycles. The van der Waals surface area contributed by atoms with Gasteiger partial charge in [0.2, 0.25) is 0 Å². The van der Waals surface area contributed by atoms with Crippen molar-refractivity contribution in [3.05, 3.63) is 53.6 Å². The van der Waals surface area contributed by atoms with Gasteiger partial charge in [-0.1, -0.05) is 6.92 Å². The van der Waals surface area contributed by atoms with Crippen LogP contribution in [-0.2, 0) is 6.18 Å². The van der Waals surface area contributed by atoms with Crippen molar-refractivity contribution in [2.24, 2.45) is 5.92 Å². The highest BCUT2D eigenvalue weighted by atomic mass is 19.4. The molecular weight excluding hydrogens is 543 g/mol. The summed E-state index contributed by atoms with van der Waals surface area (Å²) < 4.78 is 44.8. The van der Waals surface area contributed by atoms with Gasteiger partial charge in [-0.05, 0) is 63.2 Å². The second-order valence-corrected chi connectivity index (χ2v) is 10.5. The number of hydrogen-bond acceptors (Lipinski definition) is 5. The zero-order valence-corrected chi connectivity index (χ0v) is 23.6. The number of carbonyl (C=O) groups is 3. The van der Waals surface area contributed by atoms with Crippen LogP contribution >= 0.6 is 0 Å². The highest BCUT2D eigenvalue weighted by Crippen LogP contribution is 2.31. The van der Waals surface area contributed by atoms with E-state index in [9.17, 15) is 32.7 Å². The molecule has 1 aliphatic rings. The summed E-state index contributed by atoms with van der Waals surface area (Å²) in [4.78, 5) is 41.5. The van der Waals surface area contributed by atoms with Gasteiger partial charge < -0.3 is 35.6 Å². The maximum atomic E-state index is 13.5. The molecule has 10 nitrogen and oxygen atoms in total. The van der Waals surface area contributed by atoms with Crippen molar-refractivity contribution in [3.63, 3.8) is 0 Å². The number of likely N-dealkylation sites (N-methyl/N-ethyl adjacent to an activating group) is 1. The molecule has 2 aromatic rings. The van der Waals surface area contributed by atoms with Gasteiger partial charge in [-0.15, -0.1) is 0 Å². The normalized spacial score (nSPS) is 18.0. The third-order valence-electron chi connectivity index (χ3n) is 6.61. The first kappa shape index (κ1) is 31.5. The van der Waals surface area contributed by atoms with Crippen LogP contribution in [0.4, 0.5) is 34.1 Å². The second kappa shape index (κ2) is 13.1. The van der Waals surface area contributed by atoms with E-state index in [-0.39, 0.29) is 54.6 Å². The first-order chi connectivity index (χ1) is 19.2. The quantitative estimate of drug-likeness (QED) is 0.381. The Labute approximate surface area is 236 Å². The number of ether oxygens (including phenoxy) is 1. The van der Waals surface area contributed by atoms with Gasteiger partial charge in [0.05, 0.1) is 30.3 Å². The zero-order chi connectivity index (χ0) is 30.5. The van der Waals surface area contributed by atoms with Gasteiger partial charge >= 0.3 is 18.2 Å². The van der Waals surface area contributed by atoms with E-state index < -0.39 is 35.9 Å². The number of hydrogen-bond donors (Lipinski definition) is 4. The molecule has 3 atom stereocenters. The summed E-state index contributed by atoms with van der Waals surface area (Å²) in [5.74, 6) is -0.418. The van der Waals surface area contributed by atoms with E-state index in [0.29, 0.717) is 5.69 Å². The topological polar surface area (TPSA) is 123 Å². The molecule has 0 aliphatic carbocycles. The minimum atomic E-state index is -4.48. The summed E-state index contributed by atoms with van der Waals surface area (Å²) in [5.41, 5.74) is -0.0775. The number of fused-ring (bicyclic) bond motifs is 1. The van der Waals surface area contributed by atoms with Crippen LogP contribution in [0, 0.1) is 5.92 Å². The molecule has 0 radical (unpaired) electrons. The number of carbonyl (C=O) groups excluding carboxylic acids is 3. The number of alkyl halides is 3. The van der Waals surface area contributed by atoms with Crippen LogP contribution in [-0.4, -0.2) is 77.8 Å². The highest BCUT2D eigenvalue weighted by Gasteiger charge is 2.34. The predicted octanol–water partition coefficient (Wildman–Crippen LogP) is 4.62. The van der Waals surface area contributed by atoms with Crippen LogP contribution in [0.15, 0.2) is 42.5 Å². The Morgan fingerprint density at radius 2 is 1.73 bits per heavy atom. The van der Waals surface area contributed by atoms with Gasteiger partial charge in [-0.25, -0.2) is 9.59 Å². The van der Waals surface area contributed by atoms with Crippen molar-refractivity contribution >= 4 is 29.3 Å². The fraction of sp³-hybridized carbons (Fsp3) is 0.464. The monoisotopic (exact) mass is 579 g/mol. The van der Waals surface area contributed by atoms with E-state index in [1.54, 1.807) is 19.1 Å². The molecule has 0 aromatic heterocycles. The van der Waals surface area contributed by atoms with Gasteiger partial charge in [-0.2, -0.15) is 13.2 Å². The molecular formula is C28H36F3N5O5. The number of halogens is 3. The maximum absolute atomic E-state index is 13.5. The number of rotatable bonds is 7. The number of benzene rings is 2. The van der Waals surface area contributed by atoms with E-state index in [1.165, 1.54) is 35.0 Å². The minimum Gasteiger partial charge on any atom is -0.487 e. The Bertz CT molecular complexity index is 1240. The molecule has 0 bridgehead atoms. The number of amides is 5. The highest BCUT2D eigenvalue weighted by molar-refractivity contribution is 5.99. The van der Waals surface area contributed by atoms with E-state index >= 15 is 0 Å². The van der Waals surface area contributed by atoms with Crippen LogP contribution in [0.1, 0.15) is 43.6 Å². The lowest BCUT2D eigenvalue weighted by Gasteiger charge is -2.38. The largest absolute Gasteiger partial charge is 0.487 e. The molecule has 4 N–H and O–H groups in total. The van der Waals surface area contributed by atoms with Crippen molar-refractivity contribution in [2.75, 3.05) is 37.4 Å². The van der Waals surface area contributed by atoms with Crippen LogP contribution in [0.25, 0.3) is 0 Å². The zero-order valence-electron chi connectivity index (χ0n) is 23.6. The summed E-state index contributed by atoms with van der Waals surface area (Å²) in [6, 6.07) is 7.17. The van der Waals surface area contributed by atoms with Crippen molar-refractivity contribution in [3.8, 4) is 5.75 Å². The van der Waals surface area contributed by atoms with E-state index in [1.807, 2.05) is 20.8 Å². The standard InChI is InChI=1S/C28H36F3N5O5/c1-16(2)32-26(39)33-21-10-11-23-22(12-21)25(38)36(18(4)15-37)13-17(3)24(41-23)14-35(5)27(40)34-20-8-6-19(7-9-20)28(29,30)31/h6-12,16-18,24,37H,13-15H2,1-5H3,(H,34,40)(H2,32,33,39)/t17-,18-,24-/m1/s1. The predicted molar refractivity (Wildman–Crippen MR) is 148 cm³/mol. The van der Waals surface area contributed by atoms with Crippen molar-refractivity contribution in [1.29, 1.82) is 0 Å². The molecule has 1 heterocycles. The molecule has 0 saturated carbocycles.